The number of thioether (sulfide) groups is 1. The largest absolute Gasteiger partial charge is 0.372 e. The second kappa shape index (κ2) is 16.1. The van der Waals surface area contributed by atoms with Crippen molar-refractivity contribution in [3.63, 3.8) is 0 Å². The number of hydrogen-bond acceptors (Lipinski definition) is 2. The Morgan fingerprint density at radius 1 is 0.852 bits per heavy atom. The van der Waals surface area contributed by atoms with Gasteiger partial charge in [0.05, 0.1) is 0 Å². The van der Waals surface area contributed by atoms with Gasteiger partial charge < -0.3 is 4.90 Å². The molecule has 0 heterocycles. The lowest BCUT2D eigenvalue weighted by atomic mass is 9.84. The lowest BCUT2D eigenvalue weighted by Crippen LogP contribution is -2.23. The van der Waals surface area contributed by atoms with Crippen LogP contribution >= 0.6 is 11.8 Å². The molecule has 156 valence electrons. The third-order valence-electron chi connectivity index (χ3n) is 5.55. The van der Waals surface area contributed by atoms with E-state index in [1.165, 1.54) is 54.7 Å². The van der Waals surface area contributed by atoms with Crippen LogP contribution in [0.4, 0.5) is 0 Å². The lowest BCUT2D eigenvalue weighted by Gasteiger charge is -2.27. The van der Waals surface area contributed by atoms with E-state index >= 15 is 0 Å². The fourth-order valence-corrected chi connectivity index (χ4v) is 4.51. The molecule has 0 fully saturated rings. The molecule has 0 N–H and O–H groups in total. The molecule has 0 amide bonds. The van der Waals surface area contributed by atoms with Gasteiger partial charge in [0.15, 0.2) is 0 Å². The van der Waals surface area contributed by atoms with Crippen molar-refractivity contribution >= 4 is 17.5 Å². The smallest absolute Gasteiger partial charge is 0.0378 e. The summed E-state index contributed by atoms with van der Waals surface area (Å²) in [5.41, 5.74) is 2.44. The summed E-state index contributed by atoms with van der Waals surface area (Å²) in [6, 6.07) is 8.52. The average molecular weight is 392 g/mol. The van der Waals surface area contributed by atoms with Gasteiger partial charge in [-0.05, 0) is 37.0 Å². The molecule has 1 aromatic carbocycles. The van der Waals surface area contributed by atoms with Gasteiger partial charge in [-0.15, -0.1) is 11.8 Å². The minimum Gasteiger partial charge on any atom is -0.372 e. The van der Waals surface area contributed by atoms with Crippen LogP contribution in [-0.4, -0.2) is 24.2 Å². The Bertz CT molecular complexity index is 473. The molecule has 1 nitrogen and oxygen atoms in total. The molecule has 0 aliphatic carbocycles. The fraction of sp³-hybridized carbons (Fsp3) is 0.680. The summed E-state index contributed by atoms with van der Waals surface area (Å²) in [6.07, 6.45) is 9.91. The molecule has 0 radical (unpaired) electrons. The van der Waals surface area contributed by atoms with Gasteiger partial charge in [0, 0.05) is 29.2 Å². The summed E-state index contributed by atoms with van der Waals surface area (Å²) < 4.78 is 0. The van der Waals surface area contributed by atoms with Crippen LogP contribution in [0.2, 0.25) is 0 Å². The van der Waals surface area contributed by atoms with E-state index in [4.69, 9.17) is 0 Å². The van der Waals surface area contributed by atoms with E-state index < -0.39 is 0 Å². The molecule has 0 unspecified atom stereocenters. The summed E-state index contributed by atoms with van der Waals surface area (Å²) in [6.45, 7) is 20.2. The zero-order chi connectivity index (χ0) is 20.7. The van der Waals surface area contributed by atoms with E-state index in [0.29, 0.717) is 0 Å². The Kier molecular flexibility index (Phi) is 15.6. The number of rotatable bonds is 12. The van der Waals surface area contributed by atoms with Crippen LogP contribution in [0.3, 0.4) is 0 Å². The zero-order valence-electron chi connectivity index (χ0n) is 19.2. The summed E-state index contributed by atoms with van der Waals surface area (Å²) in [5, 5.41) is 0. The first kappa shape index (κ1) is 26.1. The minimum absolute atomic E-state index is 0.981. The summed E-state index contributed by atoms with van der Waals surface area (Å²) in [5.74, 6) is 1.96. The van der Waals surface area contributed by atoms with Gasteiger partial charge in [-0.2, -0.15) is 0 Å². The predicted octanol–water partition coefficient (Wildman–Crippen LogP) is 8.36. The second-order valence-corrected chi connectivity index (χ2v) is 8.14. The first-order valence-electron chi connectivity index (χ1n) is 11.1. The van der Waals surface area contributed by atoms with Crippen LogP contribution in [0.5, 0.6) is 0 Å². The predicted molar refractivity (Wildman–Crippen MR) is 128 cm³/mol. The van der Waals surface area contributed by atoms with Gasteiger partial charge in [-0.1, -0.05) is 92.0 Å². The van der Waals surface area contributed by atoms with Crippen LogP contribution in [0.15, 0.2) is 35.7 Å². The van der Waals surface area contributed by atoms with Crippen molar-refractivity contribution in [3.8, 4) is 0 Å². The van der Waals surface area contributed by atoms with E-state index in [2.05, 4.69) is 83.5 Å². The van der Waals surface area contributed by atoms with Crippen LogP contribution < -0.4 is 0 Å². The van der Waals surface area contributed by atoms with Crippen LogP contribution in [0.1, 0.15) is 85.6 Å². The highest BCUT2D eigenvalue weighted by atomic mass is 32.2. The number of benzene rings is 1. The van der Waals surface area contributed by atoms with Crippen molar-refractivity contribution in [2.75, 3.05) is 19.3 Å². The fourth-order valence-electron chi connectivity index (χ4n) is 3.89. The minimum atomic E-state index is 0.981. The summed E-state index contributed by atoms with van der Waals surface area (Å²) in [4.78, 5) is 3.71. The van der Waals surface area contributed by atoms with Gasteiger partial charge in [0.2, 0.25) is 0 Å². The van der Waals surface area contributed by atoms with Gasteiger partial charge >= 0.3 is 0 Å². The number of nitrogens with zero attached hydrogens (tertiary/aromatic N) is 1. The van der Waals surface area contributed by atoms with Crippen molar-refractivity contribution < 1.29 is 0 Å². The van der Waals surface area contributed by atoms with E-state index in [1.807, 2.05) is 0 Å². The maximum absolute atomic E-state index is 4.28. The molecule has 0 saturated heterocycles. The molecular weight excluding hydrogens is 346 g/mol. The highest BCUT2D eigenvalue weighted by Gasteiger charge is 2.13. The molecule has 0 aliphatic rings. The highest BCUT2D eigenvalue weighted by molar-refractivity contribution is 7.98. The third-order valence-corrected chi connectivity index (χ3v) is 6.35. The Balaban J connectivity index is 0.000000580. The molecule has 0 aromatic heterocycles. The standard InChI is InChI=1S/C15H23NS.C10H22/c1-5-11-16(12-6-2)13(3)14-9-7-8-10-15(14)17-4;1-5-9(6-2)10(7-3)8-4/h7-10H,3,5-6,11-12H2,1-2,4H3;9-10H,5-8H2,1-4H3. The zero-order valence-corrected chi connectivity index (χ0v) is 20.0. The van der Waals surface area contributed by atoms with Crippen molar-refractivity contribution in [1.82, 2.24) is 4.90 Å². The lowest BCUT2D eigenvalue weighted by molar-refractivity contribution is 0.295. The normalized spacial score (nSPS) is 10.7. The Hall–Kier alpha value is -0.890. The molecule has 1 rings (SSSR count). The quantitative estimate of drug-likeness (QED) is 0.329. The van der Waals surface area contributed by atoms with E-state index in [-0.39, 0.29) is 0 Å². The van der Waals surface area contributed by atoms with Crippen molar-refractivity contribution in [3.05, 3.63) is 36.4 Å². The first-order valence-corrected chi connectivity index (χ1v) is 12.3. The van der Waals surface area contributed by atoms with Crippen LogP contribution in [-0.2, 0) is 0 Å². The Morgan fingerprint density at radius 2 is 1.30 bits per heavy atom. The highest BCUT2D eigenvalue weighted by Crippen LogP contribution is 2.28. The van der Waals surface area contributed by atoms with Crippen LogP contribution in [0, 0.1) is 11.8 Å². The Labute approximate surface area is 175 Å². The maximum atomic E-state index is 4.28. The van der Waals surface area contributed by atoms with E-state index in [0.717, 1.165) is 24.9 Å². The molecule has 2 heteroatoms. The molecule has 27 heavy (non-hydrogen) atoms. The SMILES string of the molecule is C=C(c1ccccc1SC)N(CCC)CCC.CCC(CC)C(CC)CC. The molecule has 0 saturated carbocycles. The first-order chi connectivity index (χ1) is 13.0. The van der Waals surface area contributed by atoms with E-state index in [9.17, 15) is 0 Å². The number of hydrogen-bond donors (Lipinski definition) is 0. The summed E-state index contributed by atoms with van der Waals surface area (Å²) in [7, 11) is 0. The topological polar surface area (TPSA) is 3.24 Å². The van der Waals surface area contributed by atoms with Crippen molar-refractivity contribution in [2.24, 2.45) is 11.8 Å². The molecule has 0 bridgehead atoms. The van der Waals surface area contributed by atoms with Crippen molar-refractivity contribution in [1.29, 1.82) is 0 Å². The molecule has 0 atom stereocenters. The molecule has 1 aromatic rings. The maximum Gasteiger partial charge on any atom is 0.0378 e. The van der Waals surface area contributed by atoms with Gasteiger partial charge in [-0.25, -0.2) is 0 Å². The summed E-state index contributed by atoms with van der Waals surface area (Å²) >= 11 is 1.79. The van der Waals surface area contributed by atoms with Gasteiger partial charge in [0.25, 0.3) is 0 Å². The van der Waals surface area contributed by atoms with E-state index in [1.54, 1.807) is 11.8 Å². The average Bonchev–Trinajstić information content (AvgIpc) is 2.71. The Morgan fingerprint density at radius 3 is 1.67 bits per heavy atom. The monoisotopic (exact) mass is 391 g/mol. The second-order valence-electron chi connectivity index (χ2n) is 7.29. The van der Waals surface area contributed by atoms with Gasteiger partial charge in [0.1, 0.15) is 0 Å². The van der Waals surface area contributed by atoms with Crippen molar-refractivity contribution in [2.45, 2.75) is 85.0 Å². The molecular formula is C25H45NS. The third kappa shape index (κ3) is 9.23. The van der Waals surface area contributed by atoms with Gasteiger partial charge in [-0.3, -0.25) is 0 Å². The van der Waals surface area contributed by atoms with Crippen LogP contribution in [0.25, 0.3) is 5.70 Å². The molecule has 0 aliphatic heterocycles. The molecule has 0 spiro atoms.